The first-order valence-electron chi connectivity index (χ1n) is 6.19. The molecule has 0 unspecified atom stereocenters. The molecule has 1 aromatic heterocycles. The summed E-state index contributed by atoms with van der Waals surface area (Å²) >= 11 is 1.63. The van der Waals surface area contributed by atoms with Gasteiger partial charge in [-0.2, -0.15) is 0 Å². The Kier molecular flexibility index (Phi) is 3.06. The van der Waals surface area contributed by atoms with Crippen LogP contribution in [-0.4, -0.2) is 37.0 Å². The molecule has 0 saturated carbocycles. The Hall–Kier alpha value is -1.39. The van der Waals surface area contributed by atoms with Crippen LogP contribution in [0, 0.1) is 0 Å². The lowest BCUT2D eigenvalue weighted by atomic mass is 10.1. The van der Waals surface area contributed by atoms with Crippen molar-refractivity contribution < 1.29 is 4.79 Å². The number of carbonyl (C=O) groups excluding carboxylic acids is 1. The summed E-state index contributed by atoms with van der Waals surface area (Å²) in [6.45, 7) is 2.02. The SMILES string of the molecule is CN1CC[C@@H](NC(=O)c2csc3ccccc23)C1. The fourth-order valence-corrected chi connectivity index (χ4v) is 3.41. The number of likely N-dealkylation sites (tertiary alicyclic amines) is 1. The molecule has 0 aliphatic carbocycles. The van der Waals surface area contributed by atoms with Crippen molar-refractivity contribution in [1.82, 2.24) is 10.2 Å². The highest BCUT2D eigenvalue weighted by atomic mass is 32.1. The van der Waals surface area contributed by atoms with Gasteiger partial charge in [-0.15, -0.1) is 11.3 Å². The summed E-state index contributed by atoms with van der Waals surface area (Å²) in [4.78, 5) is 14.5. The van der Waals surface area contributed by atoms with E-state index >= 15 is 0 Å². The lowest BCUT2D eigenvalue weighted by Crippen LogP contribution is -2.36. The van der Waals surface area contributed by atoms with Crippen LogP contribution in [0.15, 0.2) is 29.6 Å². The molecule has 2 aromatic rings. The summed E-state index contributed by atoms with van der Waals surface area (Å²) in [5.41, 5.74) is 0.810. The number of likely N-dealkylation sites (N-methyl/N-ethyl adjacent to an activating group) is 1. The average molecular weight is 260 g/mol. The molecule has 1 amide bonds. The van der Waals surface area contributed by atoms with E-state index in [-0.39, 0.29) is 5.91 Å². The number of amides is 1. The van der Waals surface area contributed by atoms with Gasteiger partial charge >= 0.3 is 0 Å². The topological polar surface area (TPSA) is 32.3 Å². The minimum atomic E-state index is 0.0627. The van der Waals surface area contributed by atoms with E-state index in [1.165, 1.54) is 4.70 Å². The van der Waals surface area contributed by atoms with Crippen LogP contribution in [0.3, 0.4) is 0 Å². The van der Waals surface area contributed by atoms with Crippen LogP contribution in [0.1, 0.15) is 16.8 Å². The number of carbonyl (C=O) groups is 1. The number of hydrogen-bond donors (Lipinski definition) is 1. The Morgan fingerprint density at radius 1 is 1.44 bits per heavy atom. The molecule has 94 valence electrons. The molecule has 3 nitrogen and oxygen atoms in total. The average Bonchev–Trinajstić information content (AvgIpc) is 2.95. The van der Waals surface area contributed by atoms with Gasteiger partial charge in [0.1, 0.15) is 0 Å². The standard InChI is InChI=1S/C14H16N2OS/c1-16-7-6-10(8-16)15-14(17)12-9-18-13-5-3-2-4-11(12)13/h2-5,9-10H,6-8H2,1H3,(H,15,17)/t10-/m1/s1. The summed E-state index contributed by atoms with van der Waals surface area (Å²) in [5.74, 6) is 0.0627. The normalized spacial score (nSPS) is 20.4. The number of hydrogen-bond acceptors (Lipinski definition) is 3. The minimum absolute atomic E-state index is 0.0627. The largest absolute Gasteiger partial charge is 0.348 e. The molecule has 0 spiro atoms. The van der Waals surface area contributed by atoms with Gasteiger partial charge in [-0.1, -0.05) is 18.2 Å². The first-order valence-corrected chi connectivity index (χ1v) is 7.07. The molecule has 1 N–H and O–H groups in total. The van der Waals surface area contributed by atoms with E-state index in [4.69, 9.17) is 0 Å². The summed E-state index contributed by atoms with van der Waals surface area (Å²) < 4.78 is 1.17. The summed E-state index contributed by atoms with van der Waals surface area (Å²) in [5, 5.41) is 6.15. The summed E-state index contributed by atoms with van der Waals surface area (Å²) in [6, 6.07) is 8.35. The maximum atomic E-state index is 12.3. The Morgan fingerprint density at radius 2 is 2.28 bits per heavy atom. The van der Waals surface area contributed by atoms with Crippen LogP contribution in [0.2, 0.25) is 0 Å². The van der Waals surface area contributed by atoms with Crippen LogP contribution < -0.4 is 5.32 Å². The fraction of sp³-hybridized carbons (Fsp3) is 0.357. The van der Waals surface area contributed by atoms with Crippen LogP contribution >= 0.6 is 11.3 Å². The van der Waals surface area contributed by atoms with E-state index in [1.54, 1.807) is 11.3 Å². The lowest BCUT2D eigenvalue weighted by Gasteiger charge is -2.12. The van der Waals surface area contributed by atoms with Crippen molar-refractivity contribution in [3.8, 4) is 0 Å². The maximum absolute atomic E-state index is 12.3. The zero-order valence-electron chi connectivity index (χ0n) is 10.3. The smallest absolute Gasteiger partial charge is 0.253 e. The quantitative estimate of drug-likeness (QED) is 0.899. The van der Waals surface area contributed by atoms with Crippen LogP contribution in [0.4, 0.5) is 0 Å². The van der Waals surface area contributed by atoms with Crippen molar-refractivity contribution in [2.24, 2.45) is 0 Å². The molecule has 2 heterocycles. The highest BCUT2D eigenvalue weighted by Crippen LogP contribution is 2.25. The van der Waals surface area contributed by atoms with Crippen molar-refractivity contribution in [3.63, 3.8) is 0 Å². The Bertz CT molecular complexity index is 578. The summed E-state index contributed by atoms with van der Waals surface area (Å²) in [7, 11) is 2.09. The molecule has 0 radical (unpaired) electrons. The highest BCUT2D eigenvalue weighted by molar-refractivity contribution is 7.17. The van der Waals surface area contributed by atoms with Gasteiger partial charge in [0, 0.05) is 28.1 Å². The molecule has 1 aliphatic rings. The van der Waals surface area contributed by atoms with E-state index in [1.807, 2.05) is 23.6 Å². The number of nitrogens with one attached hydrogen (secondary N) is 1. The Morgan fingerprint density at radius 3 is 3.06 bits per heavy atom. The van der Waals surface area contributed by atoms with E-state index in [0.29, 0.717) is 6.04 Å². The van der Waals surface area contributed by atoms with Gasteiger partial charge in [0.05, 0.1) is 5.56 Å². The van der Waals surface area contributed by atoms with E-state index in [0.717, 1.165) is 30.5 Å². The van der Waals surface area contributed by atoms with Crippen molar-refractivity contribution >= 4 is 27.3 Å². The molecule has 4 heteroatoms. The Labute approximate surface area is 110 Å². The molecule has 1 aliphatic heterocycles. The predicted molar refractivity (Wildman–Crippen MR) is 75.2 cm³/mol. The zero-order valence-corrected chi connectivity index (χ0v) is 11.2. The van der Waals surface area contributed by atoms with Gasteiger partial charge in [-0.3, -0.25) is 4.79 Å². The third-order valence-corrected chi connectivity index (χ3v) is 4.42. The highest BCUT2D eigenvalue weighted by Gasteiger charge is 2.22. The van der Waals surface area contributed by atoms with Crippen LogP contribution in [0.25, 0.3) is 10.1 Å². The number of rotatable bonds is 2. The van der Waals surface area contributed by atoms with E-state index in [2.05, 4.69) is 23.3 Å². The maximum Gasteiger partial charge on any atom is 0.253 e. The third kappa shape index (κ3) is 2.13. The van der Waals surface area contributed by atoms with Gasteiger partial charge in [0.25, 0.3) is 5.91 Å². The molecule has 1 aromatic carbocycles. The van der Waals surface area contributed by atoms with Gasteiger partial charge < -0.3 is 10.2 Å². The van der Waals surface area contributed by atoms with Crippen LogP contribution in [0.5, 0.6) is 0 Å². The predicted octanol–water partition coefficient (Wildman–Crippen LogP) is 2.34. The molecule has 1 saturated heterocycles. The minimum Gasteiger partial charge on any atom is -0.348 e. The van der Waals surface area contributed by atoms with Crippen molar-refractivity contribution in [1.29, 1.82) is 0 Å². The van der Waals surface area contributed by atoms with Gasteiger partial charge in [-0.25, -0.2) is 0 Å². The molecule has 0 bridgehead atoms. The monoisotopic (exact) mass is 260 g/mol. The van der Waals surface area contributed by atoms with E-state index in [9.17, 15) is 4.79 Å². The molecule has 3 rings (SSSR count). The summed E-state index contributed by atoms with van der Waals surface area (Å²) in [6.07, 6.45) is 1.05. The first-order chi connectivity index (χ1) is 8.74. The van der Waals surface area contributed by atoms with Crippen molar-refractivity contribution in [3.05, 3.63) is 35.2 Å². The second-order valence-electron chi connectivity index (χ2n) is 4.87. The van der Waals surface area contributed by atoms with E-state index < -0.39 is 0 Å². The molecular weight excluding hydrogens is 244 g/mol. The number of benzene rings is 1. The zero-order chi connectivity index (χ0) is 12.5. The number of fused-ring (bicyclic) bond motifs is 1. The van der Waals surface area contributed by atoms with Crippen molar-refractivity contribution in [2.45, 2.75) is 12.5 Å². The second kappa shape index (κ2) is 4.71. The molecule has 18 heavy (non-hydrogen) atoms. The molecule has 1 atom stereocenters. The lowest BCUT2D eigenvalue weighted by molar-refractivity contribution is 0.0940. The number of nitrogens with zero attached hydrogens (tertiary/aromatic N) is 1. The molecular formula is C14H16N2OS. The van der Waals surface area contributed by atoms with Gasteiger partial charge in [-0.05, 0) is 26.1 Å². The third-order valence-electron chi connectivity index (χ3n) is 3.45. The van der Waals surface area contributed by atoms with Gasteiger partial charge in [0.15, 0.2) is 0 Å². The van der Waals surface area contributed by atoms with Crippen molar-refractivity contribution in [2.75, 3.05) is 20.1 Å². The molecule has 1 fully saturated rings. The van der Waals surface area contributed by atoms with Gasteiger partial charge in [0.2, 0.25) is 0 Å². The van der Waals surface area contributed by atoms with Crippen LogP contribution in [-0.2, 0) is 0 Å². The fourth-order valence-electron chi connectivity index (χ4n) is 2.47. The second-order valence-corrected chi connectivity index (χ2v) is 5.78. The first kappa shape index (κ1) is 11.7. The number of thiophene rings is 1. The Balaban J connectivity index is 1.80.